The second-order valence-electron chi connectivity index (χ2n) is 4.57. The van der Waals surface area contributed by atoms with Gasteiger partial charge in [0.1, 0.15) is 0 Å². The quantitative estimate of drug-likeness (QED) is 0.658. The zero-order valence-corrected chi connectivity index (χ0v) is 12.4. The molecule has 0 atom stereocenters. The summed E-state index contributed by atoms with van der Waals surface area (Å²) in [4.78, 5) is 11.6. The Kier molecular flexibility index (Phi) is 5.35. The minimum atomic E-state index is -0.214. The number of nitrogens with one attached hydrogen (secondary N) is 2. The molecule has 5 heteroatoms. The topological polar surface area (TPSA) is 53.5 Å². The summed E-state index contributed by atoms with van der Waals surface area (Å²) in [6.07, 6.45) is 1.55. The molecule has 1 amide bonds. The smallest absolute Gasteiger partial charge is 0.259 e. The van der Waals surface area contributed by atoms with Crippen LogP contribution in [0.25, 0.3) is 0 Å². The molecule has 0 saturated carbocycles. The van der Waals surface area contributed by atoms with Gasteiger partial charge in [0.15, 0.2) is 0 Å². The number of amides is 1. The van der Waals surface area contributed by atoms with Crippen molar-refractivity contribution in [3.05, 3.63) is 64.7 Å². The number of rotatable bonds is 5. The summed E-state index contributed by atoms with van der Waals surface area (Å²) in [5.41, 5.74) is 5.36. The number of anilines is 1. The molecule has 108 valence electrons. The van der Waals surface area contributed by atoms with E-state index in [0.29, 0.717) is 5.02 Å². The Morgan fingerprint density at radius 3 is 2.71 bits per heavy atom. The number of benzene rings is 2. The van der Waals surface area contributed by atoms with Crippen LogP contribution >= 0.6 is 11.6 Å². The highest BCUT2D eigenvalue weighted by atomic mass is 35.5. The number of carbonyl (C=O) groups is 1. The summed E-state index contributed by atoms with van der Waals surface area (Å²) in [5, 5.41) is 7.54. The molecular formula is C16H16ClN3O. The third-order valence-corrected chi connectivity index (χ3v) is 2.99. The van der Waals surface area contributed by atoms with Crippen molar-refractivity contribution in [2.75, 3.05) is 11.9 Å². The van der Waals surface area contributed by atoms with E-state index < -0.39 is 0 Å². The van der Waals surface area contributed by atoms with Crippen molar-refractivity contribution >= 4 is 29.4 Å². The van der Waals surface area contributed by atoms with E-state index in [2.05, 4.69) is 15.8 Å². The van der Waals surface area contributed by atoms with E-state index in [-0.39, 0.29) is 12.5 Å². The SMILES string of the molecule is Cc1ccc(NCC(=O)N/N=C\c2cccc(Cl)c2)cc1. The summed E-state index contributed by atoms with van der Waals surface area (Å²) >= 11 is 5.86. The van der Waals surface area contributed by atoms with Crippen LogP contribution in [-0.2, 0) is 4.79 Å². The van der Waals surface area contributed by atoms with Gasteiger partial charge in [0.05, 0.1) is 12.8 Å². The van der Waals surface area contributed by atoms with Crippen molar-refractivity contribution in [3.8, 4) is 0 Å². The van der Waals surface area contributed by atoms with Gasteiger partial charge in [-0.2, -0.15) is 5.10 Å². The van der Waals surface area contributed by atoms with Gasteiger partial charge in [-0.1, -0.05) is 41.4 Å². The van der Waals surface area contributed by atoms with Crippen LogP contribution < -0.4 is 10.7 Å². The highest BCUT2D eigenvalue weighted by Gasteiger charge is 1.99. The molecule has 21 heavy (non-hydrogen) atoms. The highest BCUT2D eigenvalue weighted by molar-refractivity contribution is 6.30. The molecule has 0 unspecified atom stereocenters. The number of nitrogens with zero attached hydrogens (tertiary/aromatic N) is 1. The van der Waals surface area contributed by atoms with Gasteiger partial charge in [-0.05, 0) is 36.8 Å². The molecule has 0 aromatic heterocycles. The maximum Gasteiger partial charge on any atom is 0.259 e. The molecule has 4 nitrogen and oxygen atoms in total. The van der Waals surface area contributed by atoms with Crippen molar-refractivity contribution < 1.29 is 4.79 Å². The fourth-order valence-electron chi connectivity index (χ4n) is 1.66. The Labute approximate surface area is 128 Å². The summed E-state index contributed by atoms with van der Waals surface area (Å²) in [6.45, 7) is 2.18. The Hall–Kier alpha value is -2.33. The van der Waals surface area contributed by atoms with Crippen molar-refractivity contribution in [1.82, 2.24) is 5.43 Å². The van der Waals surface area contributed by atoms with Gasteiger partial charge in [0.2, 0.25) is 0 Å². The van der Waals surface area contributed by atoms with Crippen LogP contribution in [0.1, 0.15) is 11.1 Å². The highest BCUT2D eigenvalue weighted by Crippen LogP contribution is 2.09. The zero-order chi connectivity index (χ0) is 15.1. The van der Waals surface area contributed by atoms with Crippen LogP contribution in [0, 0.1) is 6.92 Å². The van der Waals surface area contributed by atoms with E-state index in [1.54, 1.807) is 18.3 Å². The van der Waals surface area contributed by atoms with Crippen LogP contribution in [0.5, 0.6) is 0 Å². The summed E-state index contributed by atoms with van der Waals surface area (Å²) in [6, 6.07) is 15.0. The lowest BCUT2D eigenvalue weighted by Gasteiger charge is -2.05. The minimum Gasteiger partial charge on any atom is -0.376 e. The van der Waals surface area contributed by atoms with E-state index in [0.717, 1.165) is 11.3 Å². The van der Waals surface area contributed by atoms with Crippen LogP contribution in [0.2, 0.25) is 5.02 Å². The van der Waals surface area contributed by atoms with Crippen LogP contribution in [0.4, 0.5) is 5.69 Å². The first-order valence-corrected chi connectivity index (χ1v) is 6.89. The van der Waals surface area contributed by atoms with Crippen molar-refractivity contribution in [2.24, 2.45) is 5.10 Å². The van der Waals surface area contributed by atoms with E-state index in [1.165, 1.54) is 5.56 Å². The van der Waals surface area contributed by atoms with Gasteiger partial charge in [0.25, 0.3) is 5.91 Å². The largest absolute Gasteiger partial charge is 0.376 e. The maximum absolute atomic E-state index is 11.6. The molecule has 0 bridgehead atoms. The van der Waals surface area contributed by atoms with E-state index in [9.17, 15) is 4.79 Å². The first-order valence-electron chi connectivity index (χ1n) is 6.51. The number of aryl methyl sites for hydroxylation is 1. The van der Waals surface area contributed by atoms with Crippen molar-refractivity contribution in [2.45, 2.75) is 6.92 Å². The number of hydrogen-bond acceptors (Lipinski definition) is 3. The lowest BCUT2D eigenvalue weighted by atomic mass is 10.2. The summed E-state index contributed by atoms with van der Waals surface area (Å²) < 4.78 is 0. The van der Waals surface area contributed by atoms with Gasteiger partial charge >= 0.3 is 0 Å². The fourth-order valence-corrected chi connectivity index (χ4v) is 1.86. The van der Waals surface area contributed by atoms with Crippen LogP contribution in [0.3, 0.4) is 0 Å². The van der Waals surface area contributed by atoms with E-state index in [1.807, 2.05) is 43.3 Å². The zero-order valence-electron chi connectivity index (χ0n) is 11.6. The van der Waals surface area contributed by atoms with Gasteiger partial charge in [-0.3, -0.25) is 4.79 Å². The fraction of sp³-hybridized carbons (Fsp3) is 0.125. The van der Waals surface area contributed by atoms with Gasteiger partial charge < -0.3 is 5.32 Å². The molecule has 0 spiro atoms. The molecule has 2 rings (SSSR count). The molecule has 0 fully saturated rings. The average molecular weight is 302 g/mol. The number of halogens is 1. The third kappa shape index (κ3) is 5.28. The molecule has 0 radical (unpaired) electrons. The Bertz CT molecular complexity index is 638. The van der Waals surface area contributed by atoms with E-state index >= 15 is 0 Å². The number of hydrogen-bond donors (Lipinski definition) is 2. The predicted molar refractivity (Wildman–Crippen MR) is 86.9 cm³/mol. The van der Waals surface area contributed by atoms with Crippen LogP contribution in [-0.4, -0.2) is 18.7 Å². The van der Waals surface area contributed by atoms with Crippen molar-refractivity contribution in [1.29, 1.82) is 0 Å². The Balaban J connectivity index is 1.78. The van der Waals surface area contributed by atoms with Gasteiger partial charge in [0, 0.05) is 10.7 Å². The average Bonchev–Trinajstić information content (AvgIpc) is 2.47. The summed E-state index contributed by atoms with van der Waals surface area (Å²) in [5.74, 6) is -0.214. The van der Waals surface area contributed by atoms with Crippen molar-refractivity contribution in [3.63, 3.8) is 0 Å². The predicted octanol–water partition coefficient (Wildman–Crippen LogP) is 3.21. The second kappa shape index (κ2) is 7.45. The third-order valence-electron chi connectivity index (χ3n) is 2.76. The number of hydrazone groups is 1. The standard InChI is InChI=1S/C16H16ClN3O/c1-12-5-7-15(8-6-12)18-11-16(21)20-19-10-13-3-2-4-14(17)9-13/h2-10,18H,11H2,1H3,(H,20,21)/b19-10-. The normalized spacial score (nSPS) is 10.6. The molecule has 0 heterocycles. The first-order chi connectivity index (χ1) is 10.1. The lowest BCUT2D eigenvalue weighted by molar-refractivity contribution is -0.119. The molecule has 2 aromatic rings. The van der Waals surface area contributed by atoms with Gasteiger partial charge in [-0.25, -0.2) is 5.43 Å². The molecule has 2 N–H and O–H groups in total. The number of carbonyl (C=O) groups excluding carboxylic acids is 1. The minimum absolute atomic E-state index is 0.163. The molecule has 0 aliphatic carbocycles. The van der Waals surface area contributed by atoms with Crippen LogP contribution in [0.15, 0.2) is 53.6 Å². The summed E-state index contributed by atoms with van der Waals surface area (Å²) in [7, 11) is 0. The molecule has 0 aliphatic heterocycles. The monoisotopic (exact) mass is 301 g/mol. The maximum atomic E-state index is 11.6. The Morgan fingerprint density at radius 2 is 2.00 bits per heavy atom. The van der Waals surface area contributed by atoms with E-state index in [4.69, 9.17) is 11.6 Å². The van der Waals surface area contributed by atoms with Gasteiger partial charge in [-0.15, -0.1) is 0 Å². The molecule has 2 aromatic carbocycles. The molecule has 0 saturated heterocycles. The molecular weight excluding hydrogens is 286 g/mol. The Morgan fingerprint density at radius 1 is 1.24 bits per heavy atom. The first kappa shape index (κ1) is 15.1. The second-order valence-corrected chi connectivity index (χ2v) is 5.00. The molecule has 0 aliphatic rings. The lowest BCUT2D eigenvalue weighted by Crippen LogP contribution is -2.25.